The molecule has 0 spiro atoms. The van der Waals surface area contributed by atoms with Gasteiger partial charge in [-0.2, -0.15) is 5.10 Å². The number of hydrogen-bond acceptors (Lipinski definition) is 5. The Balaban J connectivity index is 1.96. The highest BCUT2D eigenvalue weighted by atomic mass is 16.6. The van der Waals surface area contributed by atoms with Crippen LogP contribution in [0.15, 0.2) is 65.5 Å². The lowest BCUT2D eigenvalue weighted by atomic mass is 10.1. The number of carbonyl (C=O) groups excluding carboxylic acids is 1. The van der Waals surface area contributed by atoms with E-state index in [1.165, 1.54) is 23.1 Å². The molecular weight excluding hydrogens is 372 g/mol. The van der Waals surface area contributed by atoms with Gasteiger partial charge in [-0.3, -0.25) is 19.7 Å². The van der Waals surface area contributed by atoms with Gasteiger partial charge in [0.15, 0.2) is 5.69 Å². The maximum Gasteiger partial charge on any atom is 0.278 e. The van der Waals surface area contributed by atoms with Gasteiger partial charge in [0.05, 0.1) is 16.7 Å². The van der Waals surface area contributed by atoms with Crippen molar-refractivity contribution in [1.29, 1.82) is 0 Å². The van der Waals surface area contributed by atoms with E-state index < -0.39 is 22.3 Å². The van der Waals surface area contributed by atoms with Crippen LogP contribution in [-0.4, -0.2) is 32.6 Å². The van der Waals surface area contributed by atoms with Crippen LogP contribution >= 0.6 is 0 Å². The lowest BCUT2D eigenvalue weighted by molar-refractivity contribution is -0.384. The normalized spacial score (nSPS) is 11.7. The van der Waals surface area contributed by atoms with Gasteiger partial charge in [-0.05, 0) is 31.5 Å². The average Bonchev–Trinajstić information content (AvgIpc) is 2.73. The SMILES string of the molecule is Cc1cc(=O)c(C(=O)N(C)[C@@H](C)c2cccc([N+](=O)[O-])c2)nn1-c1ccccc1. The van der Waals surface area contributed by atoms with Crippen molar-refractivity contribution in [2.45, 2.75) is 19.9 Å². The number of aromatic nitrogens is 2. The zero-order valence-corrected chi connectivity index (χ0v) is 16.3. The van der Waals surface area contributed by atoms with Gasteiger partial charge in [0.25, 0.3) is 11.6 Å². The molecule has 3 rings (SSSR count). The van der Waals surface area contributed by atoms with Crippen LogP contribution in [0.25, 0.3) is 5.69 Å². The highest BCUT2D eigenvalue weighted by Gasteiger charge is 2.24. The van der Waals surface area contributed by atoms with Crippen LogP contribution < -0.4 is 5.43 Å². The highest BCUT2D eigenvalue weighted by molar-refractivity contribution is 5.92. The number of rotatable bonds is 5. The van der Waals surface area contributed by atoms with Crippen LogP contribution in [0, 0.1) is 17.0 Å². The minimum absolute atomic E-state index is 0.0601. The van der Waals surface area contributed by atoms with E-state index in [1.807, 2.05) is 30.3 Å². The lowest BCUT2D eigenvalue weighted by Gasteiger charge is -2.25. The molecule has 0 N–H and O–H groups in total. The fourth-order valence-electron chi connectivity index (χ4n) is 2.99. The molecule has 0 aliphatic rings. The van der Waals surface area contributed by atoms with Gasteiger partial charge in [0.2, 0.25) is 5.43 Å². The molecule has 8 heteroatoms. The fourth-order valence-corrected chi connectivity index (χ4v) is 2.99. The quantitative estimate of drug-likeness (QED) is 0.490. The summed E-state index contributed by atoms with van der Waals surface area (Å²) in [7, 11) is 1.54. The molecule has 0 aliphatic heterocycles. The van der Waals surface area contributed by atoms with E-state index in [-0.39, 0.29) is 11.4 Å². The lowest BCUT2D eigenvalue weighted by Crippen LogP contribution is -2.35. The molecule has 0 bridgehead atoms. The molecule has 1 aromatic heterocycles. The zero-order chi connectivity index (χ0) is 21.1. The van der Waals surface area contributed by atoms with Gasteiger partial charge in [-0.25, -0.2) is 4.68 Å². The highest BCUT2D eigenvalue weighted by Crippen LogP contribution is 2.23. The summed E-state index contributed by atoms with van der Waals surface area (Å²) in [4.78, 5) is 37.4. The molecule has 0 aliphatic carbocycles. The van der Waals surface area contributed by atoms with Crippen molar-refractivity contribution in [3.63, 3.8) is 0 Å². The number of nitro groups is 1. The molecule has 1 amide bonds. The molecule has 0 unspecified atom stereocenters. The maximum atomic E-state index is 13.0. The van der Waals surface area contributed by atoms with E-state index >= 15 is 0 Å². The third-order valence-electron chi connectivity index (χ3n) is 4.78. The van der Waals surface area contributed by atoms with Gasteiger partial charge >= 0.3 is 0 Å². The molecule has 0 fully saturated rings. The first kappa shape index (κ1) is 19.9. The number of amides is 1. The first-order valence-electron chi connectivity index (χ1n) is 8.97. The molecule has 8 nitrogen and oxygen atoms in total. The Bertz CT molecular complexity index is 1130. The summed E-state index contributed by atoms with van der Waals surface area (Å²) >= 11 is 0. The topological polar surface area (TPSA) is 98.3 Å². The van der Waals surface area contributed by atoms with Crippen LogP contribution in [0.3, 0.4) is 0 Å². The second-order valence-electron chi connectivity index (χ2n) is 6.69. The first-order chi connectivity index (χ1) is 13.8. The smallest absolute Gasteiger partial charge is 0.278 e. The largest absolute Gasteiger partial charge is 0.333 e. The monoisotopic (exact) mass is 392 g/mol. The van der Waals surface area contributed by atoms with Crippen molar-refractivity contribution in [3.05, 3.63) is 98.0 Å². The zero-order valence-electron chi connectivity index (χ0n) is 16.3. The molecular formula is C21H20N4O4. The van der Waals surface area contributed by atoms with Crippen molar-refractivity contribution in [2.24, 2.45) is 0 Å². The minimum atomic E-state index is -0.557. The van der Waals surface area contributed by atoms with Crippen molar-refractivity contribution < 1.29 is 9.72 Å². The predicted molar refractivity (Wildman–Crippen MR) is 108 cm³/mol. The number of nitro benzene ring substituents is 1. The van der Waals surface area contributed by atoms with E-state index in [0.717, 1.165) is 5.69 Å². The number of para-hydroxylation sites is 1. The molecule has 1 atom stereocenters. The maximum absolute atomic E-state index is 13.0. The molecule has 0 radical (unpaired) electrons. The molecule has 3 aromatic rings. The Morgan fingerprint density at radius 1 is 1.14 bits per heavy atom. The van der Waals surface area contributed by atoms with Crippen LogP contribution in [-0.2, 0) is 0 Å². The summed E-state index contributed by atoms with van der Waals surface area (Å²) in [6.45, 7) is 3.48. The summed E-state index contributed by atoms with van der Waals surface area (Å²) in [6, 6.07) is 16.1. The van der Waals surface area contributed by atoms with Crippen LogP contribution in [0.4, 0.5) is 5.69 Å². The van der Waals surface area contributed by atoms with Gasteiger partial charge in [-0.15, -0.1) is 0 Å². The minimum Gasteiger partial charge on any atom is -0.333 e. The van der Waals surface area contributed by atoms with E-state index in [9.17, 15) is 19.7 Å². The summed E-state index contributed by atoms with van der Waals surface area (Å²) in [6.07, 6.45) is 0. The average molecular weight is 392 g/mol. The Morgan fingerprint density at radius 2 is 1.83 bits per heavy atom. The van der Waals surface area contributed by atoms with Crippen molar-refractivity contribution in [1.82, 2.24) is 14.7 Å². The second-order valence-corrected chi connectivity index (χ2v) is 6.69. The van der Waals surface area contributed by atoms with E-state index in [0.29, 0.717) is 11.3 Å². The van der Waals surface area contributed by atoms with E-state index in [4.69, 9.17) is 0 Å². The number of benzene rings is 2. The number of nitrogens with zero attached hydrogens (tertiary/aromatic N) is 4. The van der Waals surface area contributed by atoms with Gasteiger partial charge < -0.3 is 4.90 Å². The number of aryl methyl sites for hydroxylation is 1. The molecule has 148 valence electrons. The predicted octanol–water partition coefficient (Wildman–Crippen LogP) is 3.28. The summed E-state index contributed by atoms with van der Waals surface area (Å²) < 4.78 is 1.54. The number of non-ortho nitro benzene ring substituents is 1. The summed E-state index contributed by atoms with van der Waals surface area (Å²) in [5, 5.41) is 15.3. The Kier molecular flexibility index (Phi) is 5.54. The summed E-state index contributed by atoms with van der Waals surface area (Å²) in [5.74, 6) is -0.557. The number of carbonyl (C=O) groups is 1. The fraction of sp³-hybridized carbons (Fsp3) is 0.190. The molecule has 0 saturated carbocycles. The standard InChI is InChI=1S/C21H20N4O4/c1-14-12-19(26)20(22-24(14)17-9-5-4-6-10-17)21(27)23(3)15(2)16-8-7-11-18(13-16)25(28)29/h4-13,15H,1-3H3/t15-/m0/s1. The molecule has 1 heterocycles. The van der Waals surface area contributed by atoms with E-state index in [1.54, 1.807) is 37.7 Å². The Labute approximate surface area is 167 Å². The van der Waals surface area contributed by atoms with Crippen LogP contribution in [0.2, 0.25) is 0 Å². The molecule has 0 saturated heterocycles. The molecule has 2 aromatic carbocycles. The molecule has 29 heavy (non-hydrogen) atoms. The van der Waals surface area contributed by atoms with Gasteiger partial charge in [-0.1, -0.05) is 30.3 Å². The Morgan fingerprint density at radius 3 is 2.48 bits per heavy atom. The Hall–Kier alpha value is -3.81. The second kappa shape index (κ2) is 8.05. The third kappa shape index (κ3) is 4.06. The van der Waals surface area contributed by atoms with Crippen molar-refractivity contribution in [2.75, 3.05) is 7.05 Å². The van der Waals surface area contributed by atoms with E-state index in [2.05, 4.69) is 5.10 Å². The van der Waals surface area contributed by atoms with Gasteiger partial charge in [0, 0.05) is 30.9 Å². The van der Waals surface area contributed by atoms with Crippen LogP contribution in [0.5, 0.6) is 0 Å². The van der Waals surface area contributed by atoms with Crippen molar-refractivity contribution >= 4 is 11.6 Å². The van der Waals surface area contributed by atoms with Crippen molar-refractivity contribution in [3.8, 4) is 5.69 Å². The van der Waals surface area contributed by atoms with Gasteiger partial charge in [0.1, 0.15) is 0 Å². The number of hydrogen-bond donors (Lipinski definition) is 0. The first-order valence-corrected chi connectivity index (χ1v) is 8.97. The van der Waals surface area contributed by atoms with Crippen LogP contribution in [0.1, 0.15) is 34.7 Å². The third-order valence-corrected chi connectivity index (χ3v) is 4.78. The summed E-state index contributed by atoms with van der Waals surface area (Å²) in [5.41, 5.74) is 1.18.